The standard InChI is InChI=1S/C20H30N4OS/c1-14-6-7-16-17(15(14)2)22-19(26-16)24-12-10-23(11-13-24)9-8-21-18(25)20(3,4)5/h6-7H,8-13H2,1-5H3,(H,21,25). The molecule has 0 unspecified atom stereocenters. The predicted octanol–water partition coefficient (Wildman–Crippen LogP) is 3.20. The molecule has 1 N–H and O–H groups in total. The molecule has 2 heterocycles. The highest BCUT2D eigenvalue weighted by Crippen LogP contribution is 2.32. The maximum absolute atomic E-state index is 11.9. The van der Waals surface area contributed by atoms with Crippen LogP contribution < -0.4 is 10.2 Å². The van der Waals surface area contributed by atoms with Crippen LogP contribution in [0.2, 0.25) is 0 Å². The number of aryl methyl sites for hydroxylation is 2. The van der Waals surface area contributed by atoms with E-state index in [1.165, 1.54) is 15.8 Å². The number of carbonyl (C=O) groups is 1. The van der Waals surface area contributed by atoms with Crippen LogP contribution in [0.1, 0.15) is 31.9 Å². The van der Waals surface area contributed by atoms with Gasteiger partial charge in [0.2, 0.25) is 5.91 Å². The van der Waals surface area contributed by atoms with Crippen LogP contribution in [-0.4, -0.2) is 55.1 Å². The maximum Gasteiger partial charge on any atom is 0.225 e. The van der Waals surface area contributed by atoms with Gasteiger partial charge in [-0.15, -0.1) is 0 Å². The summed E-state index contributed by atoms with van der Waals surface area (Å²) in [5.41, 5.74) is 3.43. The summed E-state index contributed by atoms with van der Waals surface area (Å²) in [6.45, 7) is 15.8. The average Bonchev–Trinajstić information content (AvgIpc) is 3.03. The molecule has 0 saturated carbocycles. The van der Waals surface area contributed by atoms with Crippen LogP contribution in [-0.2, 0) is 4.79 Å². The van der Waals surface area contributed by atoms with Crippen LogP contribution in [0, 0.1) is 19.3 Å². The van der Waals surface area contributed by atoms with Gasteiger partial charge < -0.3 is 10.2 Å². The van der Waals surface area contributed by atoms with Crippen LogP contribution in [0.25, 0.3) is 10.2 Å². The molecule has 6 heteroatoms. The van der Waals surface area contributed by atoms with Gasteiger partial charge in [-0.2, -0.15) is 0 Å². The normalized spacial score (nSPS) is 16.3. The van der Waals surface area contributed by atoms with E-state index in [4.69, 9.17) is 4.98 Å². The molecule has 1 aromatic heterocycles. The number of hydrogen-bond donors (Lipinski definition) is 1. The van der Waals surface area contributed by atoms with E-state index in [0.29, 0.717) is 0 Å². The lowest BCUT2D eigenvalue weighted by Crippen LogP contribution is -2.49. The molecule has 1 amide bonds. The molecule has 26 heavy (non-hydrogen) atoms. The number of hydrogen-bond acceptors (Lipinski definition) is 5. The number of anilines is 1. The van der Waals surface area contributed by atoms with Crippen LogP contribution in [0.4, 0.5) is 5.13 Å². The summed E-state index contributed by atoms with van der Waals surface area (Å²) in [6, 6.07) is 4.37. The van der Waals surface area contributed by atoms with Crippen molar-refractivity contribution in [3.05, 3.63) is 23.3 Å². The number of aromatic nitrogens is 1. The number of fused-ring (bicyclic) bond motifs is 1. The third-order valence-electron chi connectivity index (χ3n) is 5.11. The van der Waals surface area contributed by atoms with Crippen molar-refractivity contribution < 1.29 is 4.79 Å². The second-order valence-electron chi connectivity index (χ2n) is 8.19. The summed E-state index contributed by atoms with van der Waals surface area (Å²) < 4.78 is 1.27. The minimum absolute atomic E-state index is 0.122. The quantitative estimate of drug-likeness (QED) is 0.893. The second-order valence-corrected chi connectivity index (χ2v) is 9.19. The molecule has 1 aliphatic heterocycles. The topological polar surface area (TPSA) is 48.5 Å². The zero-order chi connectivity index (χ0) is 18.9. The number of carbonyl (C=O) groups excluding carboxylic acids is 1. The van der Waals surface area contributed by atoms with E-state index >= 15 is 0 Å². The molecule has 1 aromatic carbocycles. The van der Waals surface area contributed by atoms with Crippen molar-refractivity contribution in [2.75, 3.05) is 44.2 Å². The molecule has 0 spiro atoms. The Labute approximate surface area is 160 Å². The molecule has 3 rings (SSSR count). The van der Waals surface area contributed by atoms with Crippen molar-refractivity contribution in [1.29, 1.82) is 0 Å². The Bertz CT molecular complexity index is 785. The fraction of sp³-hybridized carbons (Fsp3) is 0.600. The van der Waals surface area contributed by atoms with Gasteiger partial charge in [0.1, 0.15) is 0 Å². The van der Waals surface area contributed by atoms with Gasteiger partial charge in [0.25, 0.3) is 0 Å². The highest BCUT2D eigenvalue weighted by molar-refractivity contribution is 7.22. The van der Waals surface area contributed by atoms with E-state index in [0.717, 1.165) is 49.9 Å². The summed E-state index contributed by atoms with van der Waals surface area (Å²) in [5.74, 6) is 0.122. The van der Waals surface area contributed by atoms with Crippen molar-refractivity contribution >= 4 is 32.6 Å². The smallest absolute Gasteiger partial charge is 0.225 e. The van der Waals surface area contributed by atoms with E-state index in [1.807, 2.05) is 20.8 Å². The molecule has 142 valence electrons. The molecule has 0 radical (unpaired) electrons. The highest BCUT2D eigenvalue weighted by Gasteiger charge is 2.22. The number of amides is 1. The van der Waals surface area contributed by atoms with E-state index in [1.54, 1.807) is 11.3 Å². The second kappa shape index (κ2) is 7.53. The number of rotatable bonds is 4. The van der Waals surface area contributed by atoms with Crippen LogP contribution >= 0.6 is 11.3 Å². The van der Waals surface area contributed by atoms with Gasteiger partial charge in [0.05, 0.1) is 10.2 Å². The molecule has 2 aromatic rings. The summed E-state index contributed by atoms with van der Waals surface area (Å²) in [5, 5.41) is 4.17. The van der Waals surface area contributed by atoms with Gasteiger partial charge in [0, 0.05) is 44.7 Å². The summed E-state index contributed by atoms with van der Waals surface area (Å²) >= 11 is 1.79. The zero-order valence-corrected chi connectivity index (χ0v) is 17.4. The van der Waals surface area contributed by atoms with Gasteiger partial charge in [-0.3, -0.25) is 9.69 Å². The van der Waals surface area contributed by atoms with E-state index < -0.39 is 0 Å². The lowest BCUT2D eigenvalue weighted by Gasteiger charge is -2.34. The van der Waals surface area contributed by atoms with Crippen molar-refractivity contribution in [3.63, 3.8) is 0 Å². The Balaban J connectivity index is 1.52. The van der Waals surface area contributed by atoms with Crippen molar-refractivity contribution in [2.45, 2.75) is 34.6 Å². The number of nitrogens with zero attached hydrogens (tertiary/aromatic N) is 3. The fourth-order valence-corrected chi connectivity index (χ4v) is 4.18. The lowest BCUT2D eigenvalue weighted by atomic mass is 9.96. The first kappa shape index (κ1) is 19.1. The van der Waals surface area contributed by atoms with Crippen molar-refractivity contribution in [3.8, 4) is 0 Å². The molecule has 0 atom stereocenters. The highest BCUT2D eigenvalue weighted by atomic mass is 32.1. The van der Waals surface area contributed by atoms with Crippen molar-refractivity contribution in [1.82, 2.24) is 15.2 Å². The lowest BCUT2D eigenvalue weighted by molar-refractivity contribution is -0.128. The SMILES string of the molecule is Cc1ccc2sc(N3CCN(CCNC(=O)C(C)(C)C)CC3)nc2c1C. The Morgan fingerprint density at radius 1 is 1.19 bits per heavy atom. The number of nitrogens with one attached hydrogen (secondary N) is 1. The van der Waals surface area contributed by atoms with Gasteiger partial charge in [0.15, 0.2) is 5.13 Å². The minimum atomic E-state index is -0.317. The molecule has 0 aliphatic carbocycles. The average molecular weight is 375 g/mol. The van der Waals surface area contributed by atoms with Gasteiger partial charge >= 0.3 is 0 Å². The van der Waals surface area contributed by atoms with E-state index in [2.05, 4.69) is 41.1 Å². The molecular formula is C20H30N4OS. The van der Waals surface area contributed by atoms with Gasteiger partial charge in [-0.1, -0.05) is 38.2 Å². The third-order valence-corrected chi connectivity index (χ3v) is 6.19. The summed E-state index contributed by atoms with van der Waals surface area (Å²) in [6.07, 6.45) is 0. The summed E-state index contributed by atoms with van der Waals surface area (Å²) in [4.78, 5) is 21.6. The van der Waals surface area contributed by atoms with E-state index in [-0.39, 0.29) is 11.3 Å². The molecule has 0 bridgehead atoms. The molecule has 5 nitrogen and oxygen atoms in total. The number of benzene rings is 1. The first-order valence-electron chi connectivity index (χ1n) is 9.38. The summed E-state index contributed by atoms with van der Waals surface area (Å²) in [7, 11) is 0. The first-order valence-corrected chi connectivity index (χ1v) is 10.2. The van der Waals surface area contributed by atoms with Crippen LogP contribution in [0.3, 0.4) is 0 Å². The van der Waals surface area contributed by atoms with Crippen LogP contribution in [0.15, 0.2) is 12.1 Å². The molecule has 1 fully saturated rings. The zero-order valence-electron chi connectivity index (χ0n) is 16.6. The first-order chi connectivity index (χ1) is 12.3. The van der Waals surface area contributed by atoms with Crippen LogP contribution in [0.5, 0.6) is 0 Å². The fourth-order valence-electron chi connectivity index (χ4n) is 3.11. The predicted molar refractivity (Wildman–Crippen MR) is 110 cm³/mol. The molecule has 1 saturated heterocycles. The van der Waals surface area contributed by atoms with Gasteiger partial charge in [-0.05, 0) is 31.0 Å². The number of thiazole rings is 1. The molecule has 1 aliphatic rings. The monoisotopic (exact) mass is 374 g/mol. The molecular weight excluding hydrogens is 344 g/mol. The number of piperazine rings is 1. The van der Waals surface area contributed by atoms with Crippen molar-refractivity contribution in [2.24, 2.45) is 5.41 Å². The van der Waals surface area contributed by atoms with E-state index in [9.17, 15) is 4.79 Å². The minimum Gasteiger partial charge on any atom is -0.354 e. The largest absolute Gasteiger partial charge is 0.354 e. The van der Waals surface area contributed by atoms with Gasteiger partial charge in [-0.25, -0.2) is 4.98 Å². The Hall–Kier alpha value is -1.66. The Kier molecular flexibility index (Phi) is 5.53. The Morgan fingerprint density at radius 3 is 2.54 bits per heavy atom. The Morgan fingerprint density at radius 2 is 1.88 bits per heavy atom. The third kappa shape index (κ3) is 4.18. The maximum atomic E-state index is 11.9.